The molecule has 0 saturated carbocycles. The van der Waals surface area contributed by atoms with E-state index in [1.165, 1.54) is 0 Å². The van der Waals surface area contributed by atoms with Gasteiger partial charge in [-0.1, -0.05) is 23.7 Å². The van der Waals surface area contributed by atoms with E-state index in [1.54, 1.807) is 13.3 Å². The van der Waals surface area contributed by atoms with Crippen molar-refractivity contribution in [1.82, 2.24) is 9.55 Å². The molecule has 0 spiro atoms. The van der Waals surface area contributed by atoms with E-state index in [4.69, 9.17) is 16.3 Å². The van der Waals surface area contributed by atoms with Crippen molar-refractivity contribution in [3.63, 3.8) is 0 Å². The second kappa shape index (κ2) is 3.95. The molecule has 0 atom stereocenters. The Morgan fingerprint density at radius 1 is 1.40 bits per heavy atom. The molecule has 4 heteroatoms. The molecule has 0 fully saturated rings. The number of ether oxygens (including phenoxy) is 1. The van der Waals surface area contributed by atoms with Crippen LogP contribution in [0.25, 0.3) is 11.4 Å². The Morgan fingerprint density at radius 3 is 2.80 bits per heavy atom. The van der Waals surface area contributed by atoms with Crippen molar-refractivity contribution in [1.29, 1.82) is 0 Å². The molecular formula is C11H11ClN2O. The van der Waals surface area contributed by atoms with Gasteiger partial charge in [0.25, 0.3) is 0 Å². The monoisotopic (exact) mass is 222 g/mol. The first-order chi connectivity index (χ1) is 7.22. The number of rotatable bonds is 2. The molecule has 0 aliphatic heterocycles. The van der Waals surface area contributed by atoms with Crippen molar-refractivity contribution in [3.8, 4) is 17.1 Å². The van der Waals surface area contributed by atoms with E-state index < -0.39 is 0 Å². The van der Waals surface area contributed by atoms with Crippen LogP contribution in [-0.4, -0.2) is 16.7 Å². The van der Waals surface area contributed by atoms with Crippen molar-refractivity contribution in [2.45, 2.75) is 0 Å². The van der Waals surface area contributed by atoms with Gasteiger partial charge in [0.1, 0.15) is 16.7 Å². The van der Waals surface area contributed by atoms with Gasteiger partial charge in [0.15, 0.2) is 0 Å². The molecule has 2 rings (SSSR count). The molecule has 15 heavy (non-hydrogen) atoms. The zero-order chi connectivity index (χ0) is 10.8. The number of methoxy groups -OCH3 is 1. The first kappa shape index (κ1) is 10.1. The third-order valence-electron chi connectivity index (χ3n) is 2.26. The fourth-order valence-electron chi connectivity index (χ4n) is 1.42. The first-order valence-electron chi connectivity index (χ1n) is 4.54. The Morgan fingerprint density at radius 2 is 2.20 bits per heavy atom. The van der Waals surface area contributed by atoms with Gasteiger partial charge in [-0.05, 0) is 12.1 Å². The molecule has 0 bridgehead atoms. The highest BCUT2D eigenvalue weighted by molar-refractivity contribution is 6.29. The summed E-state index contributed by atoms with van der Waals surface area (Å²) in [5.74, 6) is 1.64. The molecule has 2 aromatic rings. The number of imidazole rings is 1. The number of nitrogens with zero attached hydrogens (tertiary/aromatic N) is 2. The summed E-state index contributed by atoms with van der Waals surface area (Å²) >= 11 is 5.92. The second-order valence-corrected chi connectivity index (χ2v) is 3.58. The van der Waals surface area contributed by atoms with Gasteiger partial charge in [0.05, 0.1) is 13.3 Å². The van der Waals surface area contributed by atoms with Crippen molar-refractivity contribution in [2.75, 3.05) is 7.11 Å². The predicted molar refractivity (Wildman–Crippen MR) is 60.2 cm³/mol. The highest BCUT2D eigenvalue weighted by Gasteiger charge is 2.07. The van der Waals surface area contributed by atoms with Gasteiger partial charge in [-0.3, -0.25) is 0 Å². The van der Waals surface area contributed by atoms with Crippen LogP contribution in [0.5, 0.6) is 5.75 Å². The lowest BCUT2D eigenvalue weighted by atomic mass is 10.2. The van der Waals surface area contributed by atoms with Gasteiger partial charge in [0, 0.05) is 12.6 Å². The van der Waals surface area contributed by atoms with Crippen LogP contribution in [0, 0.1) is 0 Å². The predicted octanol–water partition coefficient (Wildman–Crippen LogP) is 2.75. The van der Waals surface area contributed by atoms with Gasteiger partial charge in [0.2, 0.25) is 0 Å². The number of halogens is 1. The van der Waals surface area contributed by atoms with Crippen LogP contribution >= 0.6 is 11.6 Å². The summed E-state index contributed by atoms with van der Waals surface area (Å²) in [6.45, 7) is 0. The largest absolute Gasteiger partial charge is 0.497 e. The molecule has 0 saturated heterocycles. The average Bonchev–Trinajstić information content (AvgIpc) is 2.60. The van der Waals surface area contributed by atoms with E-state index in [1.807, 2.05) is 35.9 Å². The van der Waals surface area contributed by atoms with Crippen LogP contribution < -0.4 is 4.74 Å². The highest BCUT2D eigenvalue weighted by Crippen LogP contribution is 2.24. The molecule has 78 valence electrons. The summed E-state index contributed by atoms with van der Waals surface area (Å²) in [6, 6.07) is 7.73. The zero-order valence-corrected chi connectivity index (χ0v) is 9.32. The lowest BCUT2D eigenvalue weighted by molar-refractivity contribution is 0.415. The Hall–Kier alpha value is -1.48. The van der Waals surface area contributed by atoms with Gasteiger partial charge in [-0.2, -0.15) is 0 Å². The molecule has 0 aliphatic rings. The molecule has 0 aliphatic carbocycles. The third kappa shape index (κ3) is 1.83. The first-order valence-corrected chi connectivity index (χ1v) is 4.92. The minimum Gasteiger partial charge on any atom is -0.497 e. The average molecular weight is 223 g/mol. The Balaban J connectivity index is 2.49. The van der Waals surface area contributed by atoms with E-state index in [-0.39, 0.29) is 0 Å². The maximum absolute atomic E-state index is 5.92. The SMILES string of the molecule is COc1cccc(-c2ncc(Cl)n2C)c1. The van der Waals surface area contributed by atoms with Crippen LogP contribution in [0.3, 0.4) is 0 Å². The third-order valence-corrected chi connectivity index (χ3v) is 2.61. The zero-order valence-electron chi connectivity index (χ0n) is 8.57. The van der Waals surface area contributed by atoms with Crippen LogP contribution in [0.1, 0.15) is 0 Å². The summed E-state index contributed by atoms with van der Waals surface area (Å²) in [5.41, 5.74) is 0.990. The van der Waals surface area contributed by atoms with E-state index in [0.29, 0.717) is 5.15 Å². The summed E-state index contributed by atoms with van der Waals surface area (Å²) in [5, 5.41) is 0.618. The standard InChI is InChI=1S/C11H11ClN2O/c1-14-10(12)7-13-11(14)8-4-3-5-9(6-8)15-2/h3-7H,1-2H3. The number of hydrogen-bond donors (Lipinski definition) is 0. The van der Waals surface area contributed by atoms with E-state index in [0.717, 1.165) is 17.1 Å². The van der Waals surface area contributed by atoms with Gasteiger partial charge in [-0.15, -0.1) is 0 Å². The van der Waals surface area contributed by atoms with Crippen molar-refractivity contribution in [2.24, 2.45) is 7.05 Å². The summed E-state index contributed by atoms with van der Waals surface area (Å²) in [7, 11) is 3.52. The maximum atomic E-state index is 5.92. The van der Waals surface area contributed by atoms with E-state index >= 15 is 0 Å². The minimum atomic E-state index is 0.618. The summed E-state index contributed by atoms with van der Waals surface area (Å²) < 4.78 is 6.98. The number of benzene rings is 1. The molecule has 0 unspecified atom stereocenters. The van der Waals surface area contributed by atoms with Crippen molar-refractivity contribution in [3.05, 3.63) is 35.6 Å². The Labute approximate surface area is 93.3 Å². The minimum absolute atomic E-state index is 0.618. The smallest absolute Gasteiger partial charge is 0.140 e. The molecule has 1 aromatic heterocycles. The van der Waals surface area contributed by atoms with Gasteiger partial charge in [-0.25, -0.2) is 4.98 Å². The maximum Gasteiger partial charge on any atom is 0.140 e. The number of hydrogen-bond acceptors (Lipinski definition) is 2. The number of aromatic nitrogens is 2. The fourth-order valence-corrected chi connectivity index (χ4v) is 1.55. The van der Waals surface area contributed by atoms with Crippen LogP contribution in [0.2, 0.25) is 5.15 Å². The normalized spacial score (nSPS) is 10.3. The van der Waals surface area contributed by atoms with Crippen LogP contribution in [0.4, 0.5) is 0 Å². The van der Waals surface area contributed by atoms with Crippen LogP contribution in [0.15, 0.2) is 30.5 Å². The molecular weight excluding hydrogens is 212 g/mol. The molecule has 0 N–H and O–H groups in total. The highest BCUT2D eigenvalue weighted by atomic mass is 35.5. The Bertz CT molecular complexity index is 479. The molecule has 3 nitrogen and oxygen atoms in total. The van der Waals surface area contributed by atoms with Crippen LogP contribution in [-0.2, 0) is 7.05 Å². The fraction of sp³-hybridized carbons (Fsp3) is 0.182. The van der Waals surface area contributed by atoms with Gasteiger partial charge < -0.3 is 9.30 Å². The Kier molecular flexibility index (Phi) is 2.64. The summed E-state index contributed by atoms with van der Waals surface area (Å²) in [4.78, 5) is 4.24. The molecule has 1 aromatic carbocycles. The molecule has 0 radical (unpaired) electrons. The van der Waals surface area contributed by atoms with E-state index in [2.05, 4.69) is 4.98 Å². The van der Waals surface area contributed by atoms with Gasteiger partial charge >= 0.3 is 0 Å². The molecule has 1 heterocycles. The molecule has 0 amide bonds. The quantitative estimate of drug-likeness (QED) is 0.781. The lowest BCUT2D eigenvalue weighted by Gasteiger charge is -2.04. The summed E-state index contributed by atoms with van der Waals surface area (Å²) in [6.07, 6.45) is 1.64. The van der Waals surface area contributed by atoms with Crippen molar-refractivity contribution < 1.29 is 4.74 Å². The van der Waals surface area contributed by atoms with Crippen molar-refractivity contribution >= 4 is 11.6 Å². The topological polar surface area (TPSA) is 27.1 Å². The lowest BCUT2D eigenvalue weighted by Crippen LogP contribution is -1.93. The second-order valence-electron chi connectivity index (χ2n) is 3.20. The van der Waals surface area contributed by atoms with E-state index in [9.17, 15) is 0 Å².